The van der Waals surface area contributed by atoms with Gasteiger partial charge in [0.05, 0.1) is 27.5 Å². The summed E-state index contributed by atoms with van der Waals surface area (Å²) >= 11 is 7.76. The van der Waals surface area contributed by atoms with Crippen LogP contribution < -0.4 is 4.18 Å². The van der Waals surface area contributed by atoms with E-state index in [2.05, 4.69) is 10.3 Å². The highest BCUT2D eigenvalue weighted by Crippen LogP contribution is 2.40. The summed E-state index contributed by atoms with van der Waals surface area (Å²) in [5.74, 6) is -0.392. The minimum atomic E-state index is -3.80. The lowest BCUT2D eigenvalue weighted by Gasteiger charge is -2.31. The van der Waals surface area contributed by atoms with E-state index < -0.39 is 52.9 Å². The third-order valence-electron chi connectivity index (χ3n) is 6.82. The molecule has 42 heavy (non-hydrogen) atoms. The number of aromatic nitrogens is 3. The Bertz CT molecular complexity index is 1610. The van der Waals surface area contributed by atoms with Crippen molar-refractivity contribution in [2.75, 3.05) is 19.3 Å². The number of halogens is 5. The lowest BCUT2D eigenvalue weighted by atomic mass is 9.97. The molecule has 0 aliphatic carbocycles. The van der Waals surface area contributed by atoms with Gasteiger partial charge in [0.2, 0.25) is 5.91 Å². The maximum atomic E-state index is 13.3. The van der Waals surface area contributed by atoms with E-state index in [0.717, 1.165) is 11.3 Å². The quantitative estimate of drug-likeness (QED) is 0.223. The van der Waals surface area contributed by atoms with Crippen LogP contribution in [-0.2, 0) is 26.3 Å². The van der Waals surface area contributed by atoms with Gasteiger partial charge in [0.25, 0.3) is 12.9 Å². The number of likely N-dealkylation sites (tertiary alicyclic amines) is 1. The van der Waals surface area contributed by atoms with Crippen LogP contribution in [0.5, 0.6) is 5.75 Å². The Kier molecular flexibility index (Phi) is 8.76. The first-order valence-electron chi connectivity index (χ1n) is 12.7. The van der Waals surface area contributed by atoms with Crippen molar-refractivity contribution in [2.45, 2.75) is 50.7 Å². The zero-order valence-electron chi connectivity index (χ0n) is 21.9. The molecule has 0 unspecified atom stereocenters. The van der Waals surface area contributed by atoms with Crippen LogP contribution >= 0.6 is 22.9 Å². The van der Waals surface area contributed by atoms with Gasteiger partial charge in [-0.05, 0) is 31.0 Å². The van der Waals surface area contributed by atoms with Crippen LogP contribution in [0, 0.1) is 0 Å². The second-order valence-electron chi connectivity index (χ2n) is 9.75. The Labute approximate surface area is 247 Å². The predicted molar refractivity (Wildman–Crippen MR) is 145 cm³/mol. The molecule has 0 saturated carbocycles. The molecule has 17 heteroatoms. The summed E-state index contributed by atoms with van der Waals surface area (Å²) in [4.78, 5) is 24.5. The Morgan fingerprint density at radius 1 is 1.21 bits per heavy atom. The van der Waals surface area contributed by atoms with Gasteiger partial charge in [-0.1, -0.05) is 22.8 Å². The highest BCUT2D eigenvalue weighted by molar-refractivity contribution is 7.86. The number of carbonyl (C=O) groups excluding carboxylic acids is 1. The van der Waals surface area contributed by atoms with Crippen LogP contribution in [-0.4, -0.2) is 59.0 Å². The Morgan fingerprint density at radius 3 is 2.62 bits per heavy atom. The summed E-state index contributed by atoms with van der Waals surface area (Å²) in [6.45, 7) is 0.127. The minimum Gasteiger partial charge on any atom is -0.387 e. The standard InChI is InChI=1S/C25H24ClF4N5O5S2/c1-42(37,38)40-19-4-2-3-14(26)22(19)20-10-15(33-39-20)17-12-41-25(31-17)13-5-7-34(8-6-13)21(36)11-35-18(24(29)30)9-16(32-35)23(27)28/h2-4,9,12-13,20,23-24H,5-8,10-11H2,1H3/t20-/m1/s1. The molecule has 226 valence electrons. The molecule has 2 aliphatic rings. The molecule has 2 aliphatic heterocycles. The second-order valence-corrected chi connectivity index (χ2v) is 12.6. The number of hydrogen-bond acceptors (Lipinski definition) is 9. The van der Waals surface area contributed by atoms with Gasteiger partial charge >= 0.3 is 10.1 Å². The molecule has 1 saturated heterocycles. The van der Waals surface area contributed by atoms with Crippen molar-refractivity contribution in [1.82, 2.24) is 19.7 Å². The number of piperidine rings is 1. The zero-order valence-corrected chi connectivity index (χ0v) is 24.3. The highest BCUT2D eigenvalue weighted by Gasteiger charge is 2.32. The van der Waals surface area contributed by atoms with Gasteiger partial charge < -0.3 is 13.9 Å². The minimum absolute atomic E-state index is 0.0385. The van der Waals surface area contributed by atoms with Gasteiger partial charge in [-0.25, -0.2) is 22.5 Å². The molecule has 10 nitrogen and oxygen atoms in total. The molecule has 1 fully saturated rings. The van der Waals surface area contributed by atoms with Gasteiger partial charge in [-0.15, -0.1) is 11.3 Å². The van der Waals surface area contributed by atoms with Crippen LogP contribution in [0.2, 0.25) is 5.02 Å². The van der Waals surface area contributed by atoms with Crippen molar-refractivity contribution in [2.24, 2.45) is 5.16 Å². The Morgan fingerprint density at radius 2 is 1.95 bits per heavy atom. The molecule has 2 aromatic heterocycles. The number of carbonyl (C=O) groups is 1. The van der Waals surface area contributed by atoms with Crippen molar-refractivity contribution in [3.8, 4) is 5.75 Å². The van der Waals surface area contributed by atoms with Crippen molar-refractivity contribution in [3.63, 3.8) is 0 Å². The van der Waals surface area contributed by atoms with Crippen LogP contribution in [0.3, 0.4) is 0 Å². The summed E-state index contributed by atoms with van der Waals surface area (Å²) in [6.07, 6.45) is -4.39. The first-order valence-corrected chi connectivity index (χ1v) is 15.7. The van der Waals surface area contributed by atoms with Gasteiger partial charge in [-0.2, -0.15) is 13.5 Å². The van der Waals surface area contributed by atoms with Crippen LogP contribution in [0.15, 0.2) is 34.8 Å². The third kappa shape index (κ3) is 6.70. The van der Waals surface area contributed by atoms with E-state index in [0.29, 0.717) is 53.6 Å². The number of oxime groups is 1. The monoisotopic (exact) mass is 649 g/mol. The van der Waals surface area contributed by atoms with Crippen molar-refractivity contribution >= 4 is 44.7 Å². The van der Waals surface area contributed by atoms with Crippen molar-refractivity contribution < 1.29 is 39.8 Å². The molecule has 0 N–H and O–H groups in total. The molecule has 0 spiro atoms. The van der Waals surface area contributed by atoms with Gasteiger partial charge in [0.1, 0.15) is 23.6 Å². The smallest absolute Gasteiger partial charge is 0.306 e. The maximum absolute atomic E-state index is 13.3. The van der Waals surface area contributed by atoms with Gasteiger partial charge in [-0.3, -0.25) is 9.48 Å². The average molecular weight is 650 g/mol. The summed E-state index contributed by atoms with van der Waals surface area (Å²) in [5.41, 5.74) is -0.00983. The Balaban J connectivity index is 1.19. The van der Waals surface area contributed by atoms with E-state index in [1.807, 2.05) is 5.38 Å². The van der Waals surface area contributed by atoms with E-state index in [1.165, 1.54) is 22.3 Å². The fourth-order valence-corrected chi connectivity index (χ4v) is 6.58. The number of benzene rings is 1. The first-order chi connectivity index (χ1) is 19.9. The summed E-state index contributed by atoms with van der Waals surface area (Å²) in [6, 6.07) is 5.26. The lowest BCUT2D eigenvalue weighted by molar-refractivity contribution is -0.133. The van der Waals surface area contributed by atoms with E-state index in [-0.39, 0.29) is 23.1 Å². The topological polar surface area (TPSA) is 116 Å². The molecule has 3 aromatic rings. The molecule has 0 radical (unpaired) electrons. The van der Waals surface area contributed by atoms with Gasteiger partial charge in [0.15, 0.2) is 11.9 Å². The molecule has 1 atom stereocenters. The van der Waals surface area contributed by atoms with Crippen LogP contribution in [0.1, 0.15) is 71.8 Å². The number of nitrogens with zero attached hydrogens (tertiary/aromatic N) is 5. The molecule has 5 rings (SSSR count). The largest absolute Gasteiger partial charge is 0.387 e. The Hall–Kier alpha value is -3.24. The number of hydrogen-bond donors (Lipinski definition) is 0. The summed E-state index contributed by atoms with van der Waals surface area (Å²) < 4.78 is 81.5. The second kappa shape index (κ2) is 12.2. The van der Waals surface area contributed by atoms with Crippen LogP contribution in [0.25, 0.3) is 0 Å². The maximum Gasteiger partial charge on any atom is 0.306 e. The fourth-order valence-electron chi connectivity index (χ4n) is 4.82. The van der Waals surface area contributed by atoms with Crippen LogP contribution in [0.4, 0.5) is 17.6 Å². The fraction of sp³-hybridized carbons (Fsp3) is 0.440. The van der Waals surface area contributed by atoms with E-state index in [9.17, 15) is 30.8 Å². The molecule has 0 bridgehead atoms. The van der Waals surface area contributed by atoms with E-state index in [1.54, 1.807) is 12.1 Å². The third-order valence-corrected chi connectivity index (χ3v) is 8.64. The number of alkyl halides is 4. The average Bonchev–Trinajstić information content (AvgIpc) is 3.68. The summed E-state index contributed by atoms with van der Waals surface area (Å²) in [7, 11) is -3.80. The number of amides is 1. The normalized spacial score (nSPS) is 18.0. The molecule has 1 amide bonds. The SMILES string of the molecule is CS(=O)(=O)Oc1cccc(Cl)c1[C@H]1CC(c2csc(C3CCN(C(=O)Cn4nc(C(F)F)cc4C(F)F)CC3)n2)=NO1. The van der Waals surface area contributed by atoms with E-state index >= 15 is 0 Å². The molecular formula is C25H24ClF4N5O5S2. The number of thiazole rings is 1. The van der Waals surface area contributed by atoms with Crippen molar-refractivity contribution in [3.05, 3.63) is 62.3 Å². The van der Waals surface area contributed by atoms with E-state index in [4.69, 9.17) is 25.6 Å². The molecule has 1 aromatic carbocycles. The van der Waals surface area contributed by atoms with Crippen molar-refractivity contribution in [1.29, 1.82) is 0 Å². The molecule has 4 heterocycles. The predicted octanol–water partition coefficient (Wildman–Crippen LogP) is 5.48. The zero-order chi connectivity index (χ0) is 30.2. The summed E-state index contributed by atoms with van der Waals surface area (Å²) in [5, 5.41) is 10.6. The number of rotatable bonds is 9. The molecular weight excluding hydrogens is 626 g/mol. The first kappa shape index (κ1) is 30.2. The highest BCUT2D eigenvalue weighted by atomic mass is 35.5. The van der Waals surface area contributed by atoms with Gasteiger partial charge in [0, 0.05) is 30.8 Å². The lowest BCUT2D eigenvalue weighted by Crippen LogP contribution is -2.40.